The number of rotatable bonds is 4. The molecule has 2 fully saturated rings. The quantitative estimate of drug-likeness (QED) is 0.922. The van der Waals surface area contributed by atoms with Crippen LogP contribution in [0.1, 0.15) is 57.1 Å². The highest BCUT2D eigenvalue weighted by Crippen LogP contribution is 2.39. The van der Waals surface area contributed by atoms with Crippen molar-refractivity contribution in [2.75, 3.05) is 19.7 Å². The Balaban J connectivity index is 1.68. The van der Waals surface area contributed by atoms with Gasteiger partial charge in [-0.3, -0.25) is 4.79 Å². The standard InChI is InChI=1S/C20H30N2O2/c1-16-14-24-18(17-8-4-2-5-9-17)13-22(16)19(23)12-20(15-21)10-6-3-7-11-20/h2,4-5,8-9,16,18H,3,6-7,10-15,21H2,1H3. The van der Waals surface area contributed by atoms with Crippen LogP contribution in [0.25, 0.3) is 0 Å². The lowest BCUT2D eigenvalue weighted by Crippen LogP contribution is -2.50. The van der Waals surface area contributed by atoms with Crippen molar-refractivity contribution in [3.8, 4) is 0 Å². The van der Waals surface area contributed by atoms with Crippen LogP contribution in [0.5, 0.6) is 0 Å². The van der Waals surface area contributed by atoms with Crippen LogP contribution in [0.15, 0.2) is 30.3 Å². The average Bonchev–Trinajstić information content (AvgIpc) is 2.63. The number of nitrogens with two attached hydrogens (primary N) is 1. The molecule has 1 amide bonds. The summed E-state index contributed by atoms with van der Waals surface area (Å²) in [6.45, 7) is 3.94. The second-order valence-electron chi connectivity index (χ2n) is 7.57. The summed E-state index contributed by atoms with van der Waals surface area (Å²) in [6, 6.07) is 10.3. The van der Waals surface area contributed by atoms with Crippen molar-refractivity contribution in [2.24, 2.45) is 11.1 Å². The molecule has 4 nitrogen and oxygen atoms in total. The number of amides is 1. The van der Waals surface area contributed by atoms with Gasteiger partial charge in [0.1, 0.15) is 6.10 Å². The number of hydrogen-bond acceptors (Lipinski definition) is 3. The Morgan fingerprint density at radius 1 is 1.25 bits per heavy atom. The van der Waals surface area contributed by atoms with Crippen molar-refractivity contribution in [3.05, 3.63) is 35.9 Å². The Kier molecular flexibility index (Phi) is 5.57. The summed E-state index contributed by atoms with van der Waals surface area (Å²) in [5.74, 6) is 0.249. The molecule has 1 saturated carbocycles. The van der Waals surface area contributed by atoms with E-state index in [1.54, 1.807) is 0 Å². The third-order valence-corrected chi connectivity index (χ3v) is 5.80. The third-order valence-electron chi connectivity index (χ3n) is 5.80. The van der Waals surface area contributed by atoms with Gasteiger partial charge < -0.3 is 15.4 Å². The minimum Gasteiger partial charge on any atom is -0.370 e. The van der Waals surface area contributed by atoms with Crippen molar-refractivity contribution in [1.29, 1.82) is 0 Å². The van der Waals surface area contributed by atoms with Crippen LogP contribution < -0.4 is 5.73 Å². The normalized spacial score (nSPS) is 27.0. The van der Waals surface area contributed by atoms with Gasteiger partial charge in [-0.25, -0.2) is 0 Å². The molecule has 0 aromatic heterocycles. The predicted octanol–water partition coefficient (Wildman–Crippen LogP) is 3.27. The highest BCUT2D eigenvalue weighted by atomic mass is 16.5. The molecule has 1 aromatic carbocycles. The summed E-state index contributed by atoms with van der Waals surface area (Å²) in [5, 5.41) is 0. The Morgan fingerprint density at radius 2 is 1.96 bits per heavy atom. The van der Waals surface area contributed by atoms with Crippen LogP contribution in [0, 0.1) is 5.41 Å². The van der Waals surface area contributed by atoms with Gasteiger partial charge in [0.15, 0.2) is 0 Å². The number of nitrogens with zero attached hydrogens (tertiary/aromatic N) is 1. The van der Waals surface area contributed by atoms with Crippen molar-refractivity contribution < 1.29 is 9.53 Å². The topological polar surface area (TPSA) is 55.6 Å². The SMILES string of the molecule is CC1COC(c2ccccc2)CN1C(=O)CC1(CN)CCCCC1. The van der Waals surface area contributed by atoms with Crippen molar-refractivity contribution >= 4 is 5.91 Å². The van der Waals surface area contributed by atoms with Crippen molar-refractivity contribution in [3.63, 3.8) is 0 Å². The molecule has 1 heterocycles. The van der Waals surface area contributed by atoms with Gasteiger partial charge in [0.2, 0.25) is 5.91 Å². The Bertz CT molecular complexity index is 540. The Morgan fingerprint density at radius 3 is 2.62 bits per heavy atom. The first-order valence-corrected chi connectivity index (χ1v) is 9.30. The highest BCUT2D eigenvalue weighted by molar-refractivity contribution is 5.77. The molecule has 3 rings (SSSR count). The molecule has 0 radical (unpaired) electrons. The number of hydrogen-bond donors (Lipinski definition) is 1. The molecule has 2 aliphatic rings. The van der Waals surface area contributed by atoms with Gasteiger partial charge in [-0.15, -0.1) is 0 Å². The number of benzene rings is 1. The zero-order chi connectivity index (χ0) is 17.0. The lowest BCUT2D eigenvalue weighted by molar-refractivity contribution is -0.147. The molecule has 2 atom stereocenters. The summed E-state index contributed by atoms with van der Waals surface area (Å²) >= 11 is 0. The molecular weight excluding hydrogens is 300 g/mol. The summed E-state index contributed by atoms with van der Waals surface area (Å²) in [4.78, 5) is 15.1. The van der Waals surface area contributed by atoms with Gasteiger partial charge in [0.25, 0.3) is 0 Å². The van der Waals surface area contributed by atoms with E-state index in [1.165, 1.54) is 19.3 Å². The Hall–Kier alpha value is -1.39. The maximum absolute atomic E-state index is 13.0. The van der Waals surface area contributed by atoms with Gasteiger partial charge >= 0.3 is 0 Å². The summed E-state index contributed by atoms with van der Waals surface area (Å²) in [6.07, 6.45) is 6.44. The molecule has 4 heteroatoms. The first-order chi connectivity index (χ1) is 11.6. The molecule has 1 aromatic rings. The van der Waals surface area contributed by atoms with Crippen molar-refractivity contribution in [2.45, 2.75) is 57.6 Å². The molecule has 1 aliphatic carbocycles. The number of carbonyl (C=O) groups excluding carboxylic acids is 1. The van der Waals surface area contributed by atoms with Gasteiger partial charge in [-0.2, -0.15) is 0 Å². The minimum absolute atomic E-state index is 0.0217. The second-order valence-corrected chi connectivity index (χ2v) is 7.57. The van der Waals surface area contributed by atoms with E-state index in [4.69, 9.17) is 10.5 Å². The second kappa shape index (κ2) is 7.66. The molecule has 24 heavy (non-hydrogen) atoms. The monoisotopic (exact) mass is 330 g/mol. The van der Waals surface area contributed by atoms with E-state index < -0.39 is 0 Å². The van der Waals surface area contributed by atoms with E-state index in [2.05, 4.69) is 19.1 Å². The molecule has 1 saturated heterocycles. The first-order valence-electron chi connectivity index (χ1n) is 9.30. The fourth-order valence-corrected chi connectivity index (χ4v) is 4.15. The number of morpholine rings is 1. The maximum atomic E-state index is 13.0. The zero-order valence-electron chi connectivity index (χ0n) is 14.7. The Labute approximate surface area is 145 Å². The van der Waals surface area contributed by atoms with Crippen LogP contribution in [-0.4, -0.2) is 36.5 Å². The molecule has 132 valence electrons. The van der Waals surface area contributed by atoms with E-state index >= 15 is 0 Å². The third kappa shape index (κ3) is 3.81. The van der Waals surface area contributed by atoms with Gasteiger partial charge in [-0.1, -0.05) is 49.6 Å². The molecular formula is C20H30N2O2. The highest BCUT2D eigenvalue weighted by Gasteiger charge is 2.37. The molecule has 1 aliphatic heterocycles. The van der Waals surface area contributed by atoms with E-state index in [0.717, 1.165) is 18.4 Å². The van der Waals surface area contributed by atoms with Crippen LogP contribution in [0.2, 0.25) is 0 Å². The lowest BCUT2D eigenvalue weighted by atomic mass is 9.71. The maximum Gasteiger partial charge on any atom is 0.223 e. The number of carbonyl (C=O) groups is 1. The van der Waals surface area contributed by atoms with Gasteiger partial charge in [0, 0.05) is 6.42 Å². The van der Waals surface area contributed by atoms with E-state index in [9.17, 15) is 4.79 Å². The first kappa shape index (κ1) is 17.4. The van der Waals surface area contributed by atoms with Crippen molar-refractivity contribution in [1.82, 2.24) is 4.90 Å². The van der Waals surface area contributed by atoms with Crippen LogP contribution in [-0.2, 0) is 9.53 Å². The van der Waals surface area contributed by atoms with E-state index in [-0.39, 0.29) is 23.5 Å². The van der Waals surface area contributed by atoms with Crippen LogP contribution in [0.3, 0.4) is 0 Å². The lowest BCUT2D eigenvalue weighted by Gasteiger charge is -2.42. The fourth-order valence-electron chi connectivity index (χ4n) is 4.15. The molecule has 2 N–H and O–H groups in total. The number of ether oxygens (including phenoxy) is 1. The largest absolute Gasteiger partial charge is 0.370 e. The van der Waals surface area contributed by atoms with Crippen LogP contribution in [0.4, 0.5) is 0 Å². The molecule has 0 bridgehead atoms. The summed E-state index contributed by atoms with van der Waals surface area (Å²) in [7, 11) is 0. The van der Waals surface area contributed by atoms with Gasteiger partial charge in [0.05, 0.1) is 19.2 Å². The smallest absolute Gasteiger partial charge is 0.223 e. The van der Waals surface area contributed by atoms with E-state index in [0.29, 0.717) is 26.1 Å². The zero-order valence-corrected chi connectivity index (χ0v) is 14.7. The average molecular weight is 330 g/mol. The summed E-state index contributed by atoms with van der Waals surface area (Å²) in [5.41, 5.74) is 7.24. The van der Waals surface area contributed by atoms with Gasteiger partial charge in [-0.05, 0) is 37.3 Å². The minimum atomic E-state index is -0.0217. The van der Waals surface area contributed by atoms with E-state index in [1.807, 2.05) is 23.1 Å². The molecule has 2 unspecified atom stereocenters. The predicted molar refractivity (Wildman–Crippen MR) is 95.5 cm³/mol. The summed E-state index contributed by atoms with van der Waals surface area (Å²) < 4.78 is 5.98. The fraction of sp³-hybridized carbons (Fsp3) is 0.650. The van der Waals surface area contributed by atoms with Crippen LogP contribution >= 0.6 is 0 Å². The molecule has 0 spiro atoms.